The van der Waals surface area contributed by atoms with Crippen LogP contribution < -0.4 is 9.47 Å². The van der Waals surface area contributed by atoms with Crippen LogP contribution in [0.1, 0.15) is 47.2 Å². The first-order chi connectivity index (χ1) is 17.3. The van der Waals surface area contributed by atoms with Gasteiger partial charge in [0, 0.05) is 25.1 Å². The van der Waals surface area contributed by atoms with Gasteiger partial charge in [0.05, 0.1) is 18.1 Å². The van der Waals surface area contributed by atoms with Crippen molar-refractivity contribution in [2.45, 2.75) is 48.6 Å². The first-order valence-corrected chi connectivity index (χ1v) is 13.8. The van der Waals surface area contributed by atoms with Crippen LogP contribution in [0, 0.1) is 0 Å². The minimum absolute atomic E-state index is 0.0774. The fourth-order valence-corrected chi connectivity index (χ4v) is 7.71. The number of unbranched alkanes of at least 4 members (excludes halogenated alkanes) is 1. The van der Waals surface area contributed by atoms with Crippen LogP contribution in [0.4, 0.5) is 0 Å². The average Bonchev–Trinajstić information content (AvgIpc) is 3.22. The summed E-state index contributed by atoms with van der Waals surface area (Å²) >= 11 is 0. The highest BCUT2D eigenvalue weighted by Gasteiger charge is 2.52. The maximum absolute atomic E-state index is 12.8. The lowest BCUT2D eigenvalue weighted by Gasteiger charge is -2.33. The van der Waals surface area contributed by atoms with Gasteiger partial charge in [-0.25, -0.2) is 12.7 Å². The summed E-state index contributed by atoms with van der Waals surface area (Å²) in [5, 5.41) is 0. The zero-order chi connectivity index (χ0) is 25.1. The second-order valence-corrected chi connectivity index (χ2v) is 11.7. The molecule has 1 aliphatic carbocycles. The summed E-state index contributed by atoms with van der Waals surface area (Å²) in [5.74, 6) is 1.07. The molecule has 0 fully saturated rings. The van der Waals surface area contributed by atoms with Gasteiger partial charge in [0.1, 0.15) is 11.0 Å². The molecular weight excluding hydrogens is 480 g/mol. The molecule has 36 heavy (non-hydrogen) atoms. The van der Waals surface area contributed by atoms with Gasteiger partial charge in [-0.3, -0.25) is 14.5 Å². The van der Waals surface area contributed by atoms with E-state index in [1.54, 1.807) is 31.4 Å². The van der Waals surface area contributed by atoms with Gasteiger partial charge in [0.2, 0.25) is 0 Å². The van der Waals surface area contributed by atoms with Gasteiger partial charge in [-0.05, 0) is 62.2 Å². The number of ketones is 1. The quantitative estimate of drug-likeness (QED) is 0.554. The number of methoxy groups -OCH3 is 1. The molecule has 0 radical (unpaired) electrons. The van der Waals surface area contributed by atoms with E-state index < -0.39 is 15.9 Å². The molecule has 0 saturated carbocycles. The molecule has 0 saturated heterocycles. The lowest BCUT2D eigenvalue weighted by molar-refractivity contribution is -0.117. The van der Waals surface area contributed by atoms with Crippen molar-refractivity contribution in [3.05, 3.63) is 65.2 Å². The van der Waals surface area contributed by atoms with E-state index in [1.807, 2.05) is 12.1 Å². The molecule has 0 bridgehead atoms. The molecule has 188 valence electrons. The van der Waals surface area contributed by atoms with E-state index in [-0.39, 0.29) is 34.3 Å². The van der Waals surface area contributed by atoms with Crippen molar-refractivity contribution in [2.75, 3.05) is 26.7 Å². The van der Waals surface area contributed by atoms with Crippen LogP contribution in [0.3, 0.4) is 0 Å². The second kappa shape index (κ2) is 8.45. The molecule has 2 unspecified atom stereocenters. The number of rotatable bonds is 6. The number of hydrogen-bond acceptors (Lipinski definition) is 7. The summed E-state index contributed by atoms with van der Waals surface area (Å²) in [6.45, 7) is 2.51. The van der Waals surface area contributed by atoms with Crippen molar-refractivity contribution in [1.82, 2.24) is 9.21 Å². The third-order valence-electron chi connectivity index (χ3n) is 7.91. The highest BCUT2D eigenvalue weighted by atomic mass is 32.2. The summed E-state index contributed by atoms with van der Waals surface area (Å²) < 4.78 is 38.5. The predicted molar refractivity (Wildman–Crippen MR) is 132 cm³/mol. The molecule has 1 spiro atoms. The molecular formula is C27H28N2O6S. The van der Waals surface area contributed by atoms with Crippen LogP contribution in [-0.2, 0) is 26.8 Å². The van der Waals surface area contributed by atoms with Gasteiger partial charge >= 0.3 is 0 Å². The zero-order valence-electron chi connectivity index (χ0n) is 20.1. The Bertz CT molecular complexity index is 1400. The maximum atomic E-state index is 12.8. The highest BCUT2D eigenvalue weighted by Crippen LogP contribution is 2.55. The minimum Gasteiger partial charge on any atom is -0.493 e. The molecule has 1 amide bonds. The molecule has 6 rings (SSSR count). The first-order valence-electron chi connectivity index (χ1n) is 12.3. The Morgan fingerprint density at radius 2 is 1.92 bits per heavy atom. The van der Waals surface area contributed by atoms with Crippen LogP contribution in [0.15, 0.2) is 53.4 Å². The molecule has 3 heterocycles. The molecule has 4 aliphatic rings. The molecule has 0 aromatic heterocycles. The smallest absolute Gasteiger partial charge is 0.269 e. The summed E-state index contributed by atoms with van der Waals surface area (Å²) in [4.78, 5) is 27.3. The molecule has 2 aromatic rings. The van der Waals surface area contributed by atoms with E-state index in [0.717, 1.165) is 53.7 Å². The normalized spacial score (nSPS) is 25.7. The second-order valence-electron chi connectivity index (χ2n) is 9.89. The number of carbonyl (C=O) groups is 2. The number of nitrogens with zero attached hydrogens (tertiary/aromatic N) is 2. The first kappa shape index (κ1) is 23.2. The Balaban J connectivity index is 1.16. The standard InChI is InChI=1S/C27H28N2O6S/c1-34-21-9-8-18-17-28(15-12-27-11-10-19(30)16-23(27)35-25(21)24(18)27)13-4-5-14-29-26(31)20-6-2-3-7-22(20)36(29,32)33/h2-3,6-11,23H,4-5,12-17H2,1H3. The lowest BCUT2D eigenvalue weighted by atomic mass is 9.69. The van der Waals surface area contributed by atoms with Gasteiger partial charge in [-0.2, -0.15) is 0 Å². The summed E-state index contributed by atoms with van der Waals surface area (Å²) in [7, 11) is -2.14. The Morgan fingerprint density at radius 1 is 1.11 bits per heavy atom. The zero-order valence-corrected chi connectivity index (χ0v) is 20.9. The van der Waals surface area contributed by atoms with Gasteiger partial charge in [-0.1, -0.05) is 24.3 Å². The molecule has 2 aromatic carbocycles. The molecule has 3 aliphatic heterocycles. The van der Waals surface area contributed by atoms with Gasteiger partial charge in [0.25, 0.3) is 15.9 Å². The number of carbonyl (C=O) groups excluding carboxylic acids is 2. The van der Waals surface area contributed by atoms with Crippen LogP contribution >= 0.6 is 0 Å². The Labute approximate surface area is 210 Å². The highest BCUT2D eigenvalue weighted by molar-refractivity contribution is 7.90. The number of benzene rings is 2. The largest absolute Gasteiger partial charge is 0.493 e. The fraction of sp³-hybridized carbons (Fsp3) is 0.407. The van der Waals surface area contributed by atoms with Crippen LogP contribution in [-0.4, -0.2) is 62.2 Å². The van der Waals surface area contributed by atoms with E-state index in [1.165, 1.54) is 6.07 Å². The third-order valence-corrected chi connectivity index (χ3v) is 9.75. The molecule has 2 atom stereocenters. The monoisotopic (exact) mass is 508 g/mol. The van der Waals surface area contributed by atoms with Crippen LogP contribution in [0.5, 0.6) is 11.5 Å². The minimum atomic E-state index is -3.77. The molecule has 8 nitrogen and oxygen atoms in total. The van der Waals surface area contributed by atoms with Gasteiger partial charge in [-0.15, -0.1) is 0 Å². The van der Waals surface area contributed by atoms with E-state index >= 15 is 0 Å². The van der Waals surface area contributed by atoms with Crippen molar-refractivity contribution in [2.24, 2.45) is 0 Å². The molecule has 9 heteroatoms. The third kappa shape index (κ3) is 3.40. The number of sulfonamides is 1. The molecule has 0 N–H and O–H groups in total. The van der Waals surface area contributed by atoms with Crippen molar-refractivity contribution in [3.63, 3.8) is 0 Å². The number of ether oxygens (including phenoxy) is 2. The maximum Gasteiger partial charge on any atom is 0.269 e. The van der Waals surface area contributed by atoms with Crippen molar-refractivity contribution in [3.8, 4) is 11.5 Å². The Kier molecular flexibility index (Phi) is 5.46. The van der Waals surface area contributed by atoms with E-state index in [0.29, 0.717) is 18.6 Å². The number of hydrogen-bond donors (Lipinski definition) is 0. The fourth-order valence-electron chi connectivity index (χ4n) is 6.11. The predicted octanol–water partition coefficient (Wildman–Crippen LogP) is 3.05. The lowest BCUT2D eigenvalue weighted by Crippen LogP contribution is -2.42. The SMILES string of the molecule is COc1ccc2c3c1OC1CC(=O)C=CC31CCN(CCCCN1C(=O)c3ccccc3S1(=O)=O)C2. The number of allylic oxidation sites excluding steroid dienone is 1. The van der Waals surface area contributed by atoms with E-state index in [2.05, 4.69) is 11.0 Å². The number of amides is 1. The summed E-state index contributed by atoms with van der Waals surface area (Å²) in [5.41, 5.74) is 2.20. The van der Waals surface area contributed by atoms with Crippen molar-refractivity contribution < 1.29 is 27.5 Å². The average molecular weight is 509 g/mol. The van der Waals surface area contributed by atoms with E-state index in [4.69, 9.17) is 9.47 Å². The number of fused-ring (bicyclic) bond motifs is 1. The Morgan fingerprint density at radius 3 is 2.72 bits per heavy atom. The van der Waals surface area contributed by atoms with Gasteiger partial charge < -0.3 is 9.47 Å². The summed E-state index contributed by atoms with van der Waals surface area (Å²) in [6.07, 6.45) is 6.02. The van der Waals surface area contributed by atoms with Crippen LogP contribution in [0.2, 0.25) is 0 Å². The topological polar surface area (TPSA) is 93.2 Å². The van der Waals surface area contributed by atoms with E-state index in [9.17, 15) is 18.0 Å². The van der Waals surface area contributed by atoms with Crippen LogP contribution in [0.25, 0.3) is 0 Å². The van der Waals surface area contributed by atoms with Gasteiger partial charge in [0.15, 0.2) is 17.3 Å². The van der Waals surface area contributed by atoms with Crippen molar-refractivity contribution in [1.29, 1.82) is 0 Å². The van der Waals surface area contributed by atoms with Crippen molar-refractivity contribution >= 4 is 21.7 Å². The Hall–Kier alpha value is -3.17. The summed E-state index contributed by atoms with van der Waals surface area (Å²) in [6, 6.07) is 10.4.